The zero-order valence-corrected chi connectivity index (χ0v) is 14.1. The summed E-state index contributed by atoms with van der Waals surface area (Å²) < 4.78 is 1.61. The highest BCUT2D eigenvalue weighted by Crippen LogP contribution is 2.20. The summed E-state index contributed by atoms with van der Waals surface area (Å²) >= 11 is 6.03. The maximum absolute atomic E-state index is 12.9. The zero-order chi connectivity index (χ0) is 17.1. The highest BCUT2D eigenvalue weighted by molar-refractivity contribution is 6.30. The fourth-order valence-corrected chi connectivity index (χ4v) is 2.66. The van der Waals surface area contributed by atoms with Gasteiger partial charge in [-0.25, -0.2) is 4.68 Å². The van der Waals surface area contributed by atoms with E-state index in [9.17, 15) is 4.79 Å². The van der Waals surface area contributed by atoms with E-state index in [4.69, 9.17) is 11.6 Å². The van der Waals surface area contributed by atoms with Crippen LogP contribution in [0.1, 0.15) is 23.1 Å². The van der Waals surface area contributed by atoms with E-state index in [1.54, 1.807) is 46.2 Å². The van der Waals surface area contributed by atoms with Gasteiger partial charge in [-0.2, -0.15) is 0 Å². The van der Waals surface area contributed by atoms with Gasteiger partial charge in [-0.05, 0) is 44.2 Å². The Balaban J connectivity index is 1.97. The predicted octanol–water partition coefficient (Wildman–Crippen LogP) is 3.29. The Morgan fingerprint density at radius 3 is 2.67 bits per heavy atom. The third-order valence-electron chi connectivity index (χ3n) is 3.69. The summed E-state index contributed by atoms with van der Waals surface area (Å²) in [7, 11) is 0. The van der Waals surface area contributed by atoms with Gasteiger partial charge in [-0.1, -0.05) is 22.9 Å². The molecule has 0 aliphatic heterocycles. The number of benzene rings is 1. The molecule has 0 unspecified atom stereocenters. The van der Waals surface area contributed by atoms with Gasteiger partial charge >= 0.3 is 0 Å². The van der Waals surface area contributed by atoms with E-state index >= 15 is 0 Å². The number of rotatable bonds is 4. The smallest absolute Gasteiger partial charge is 0.280 e. The first-order chi connectivity index (χ1) is 11.6. The SMILES string of the molecule is CCN(C(=O)c1nnn(-c2cccc(Cl)c2)c1C)c1ccncc1. The molecule has 0 radical (unpaired) electrons. The van der Waals surface area contributed by atoms with Crippen LogP contribution in [0.5, 0.6) is 0 Å². The number of amides is 1. The lowest BCUT2D eigenvalue weighted by molar-refractivity contribution is 0.0983. The quantitative estimate of drug-likeness (QED) is 0.730. The van der Waals surface area contributed by atoms with Crippen molar-refractivity contribution < 1.29 is 4.79 Å². The number of carbonyl (C=O) groups is 1. The summed E-state index contributed by atoms with van der Waals surface area (Å²) in [6.45, 7) is 4.25. The molecule has 2 heterocycles. The van der Waals surface area contributed by atoms with E-state index in [0.717, 1.165) is 11.4 Å². The molecule has 0 saturated heterocycles. The third-order valence-corrected chi connectivity index (χ3v) is 3.92. The summed E-state index contributed by atoms with van der Waals surface area (Å²) in [5, 5.41) is 8.79. The van der Waals surface area contributed by atoms with Gasteiger partial charge in [0.1, 0.15) is 0 Å². The predicted molar refractivity (Wildman–Crippen MR) is 92.7 cm³/mol. The van der Waals surface area contributed by atoms with Gasteiger partial charge in [-0.15, -0.1) is 5.10 Å². The fourth-order valence-electron chi connectivity index (χ4n) is 2.48. The standard InChI is InChI=1S/C17H16ClN5O/c1-3-22(14-7-9-19-10-8-14)17(24)16-12(2)23(21-20-16)15-6-4-5-13(18)11-15/h4-11H,3H2,1-2H3. The maximum Gasteiger partial charge on any atom is 0.280 e. The van der Waals surface area contributed by atoms with Crippen LogP contribution in [0.2, 0.25) is 5.02 Å². The van der Waals surface area contributed by atoms with Crippen molar-refractivity contribution in [1.82, 2.24) is 20.0 Å². The van der Waals surface area contributed by atoms with Crippen LogP contribution in [0.4, 0.5) is 5.69 Å². The van der Waals surface area contributed by atoms with Crippen molar-refractivity contribution in [2.24, 2.45) is 0 Å². The molecule has 3 aromatic rings. The molecule has 122 valence electrons. The first-order valence-electron chi connectivity index (χ1n) is 7.52. The van der Waals surface area contributed by atoms with E-state index in [0.29, 0.717) is 23.0 Å². The highest BCUT2D eigenvalue weighted by Gasteiger charge is 2.23. The Bertz CT molecular complexity index is 862. The Kier molecular flexibility index (Phi) is 4.57. The van der Waals surface area contributed by atoms with Gasteiger partial charge in [0.2, 0.25) is 0 Å². The first-order valence-corrected chi connectivity index (χ1v) is 7.89. The minimum Gasteiger partial charge on any atom is -0.307 e. The molecule has 7 heteroatoms. The number of pyridine rings is 1. The van der Waals surface area contributed by atoms with E-state index in [1.807, 2.05) is 26.0 Å². The Hall–Kier alpha value is -2.73. The minimum atomic E-state index is -0.200. The summed E-state index contributed by atoms with van der Waals surface area (Å²) in [6, 6.07) is 10.8. The van der Waals surface area contributed by atoms with Gasteiger partial charge < -0.3 is 4.90 Å². The second-order valence-electron chi connectivity index (χ2n) is 5.17. The van der Waals surface area contributed by atoms with Crippen LogP contribution in [-0.4, -0.2) is 32.4 Å². The molecule has 6 nitrogen and oxygen atoms in total. The average molecular weight is 342 g/mol. The number of aromatic nitrogens is 4. The van der Waals surface area contributed by atoms with Gasteiger partial charge in [0.05, 0.1) is 11.4 Å². The van der Waals surface area contributed by atoms with Crippen LogP contribution in [0.3, 0.4) is 0 Å². The third kappa shape index (κ3) is 3.00. The first kappa shape index (κ1) is 16.1. The zero-order valence-electron chi connectivity index (χ0n) is 13.3. The maximum atomic E-state index is 12.9. The molecule has 0 spiro atoms. The molecule has 0 fully saturated rings. The summed E-state index contributed by atoms with van der Waals surface area (Å²) in [6.07, 6.45) is 3.31. The summed E-state index contributed by atoms with van der Waals surface area (Å²) in [4.78, 5) is 18.5. The molecule has 0 N–H and O–H groups in total. The Morgan fingerprint density at radius 1 is 1.25 bits per heavy atom. The molecular formula is C17H16ClN5O. The van der Waals surface area contributed by atoms with Crippen LogP contribution in [-0.2, 0) is 0 Å². The monoisotopic (exact) mass is 341 g/mol. The van der Waals surface area contributed by atoms with Crippen LogP contribution >= 0.6 is 11.6 Å². The van der Waals surface area contributed by atoms with E-state index < -0.39 is 0 Å². The molecule has 2 aromatic heterocycles. The van der Waals surface area contributed by atoms with Crippen molar-refractivity contribution >= 4 is 23.2 Å². The molecule has 3 rings (SSSR count). The number of halogens is 1. The van der Waals surface area contributed by atoms with E-state index in [1.165, 1.54) is 0 Å². The molecular weight excluding hydrogens is 326 g/mol. The van der Waals surface area contributed by atoms with Crippen LogP contribution in [0.25, 0.3) is 5.69 Å². The average Bonchev–Trinajstić information content (AvgIpc) is 2.98. The Morgan fingerprint density at radius 2 is 2.00 bits per heavy atom. The Labute approximate surface area is 144 Å². The molecule has 0 aliphatic carbocycles. The molecule has 0 saturated carbocycles. The molecule has 1 aromatic carbocycles. The molecule has 0 atom stereocenters. The number of hydrogen-bond acceptors (Lipinski definition) is 4. The van der Waals surface area contributed by atoms with Gasteiger partial charge in [0.25, 0.3) is 5.91 Å². The molecule has 0 aliphatic rings. The largest absolute Gasteiger partial charge is 0.307 e. The number of hydrogen-bond donors (Lipinski definition) is 0. The van der Waals surface area contributed by atoms with Crippen molar-refractivity contribution in [2.75, 3.05) is 11.4 Å². The normalized spacial score (nSPS) is 10.6. The highest BCUT2D eigenvalue weighted by atomic mass is 35.5. The van der Waals surface area contributed by atoms with E-state index in [2.05, 4.69) is 15.3 Å². The van der Waals surface area contributed by atoms with Gasteiger partial charge in [-0.3, -0.25) is 9.78 Å². The van der Waals surface area contributed by atoms with Crippen molar-refractivity contribution in [1.29, 1.82) is 0 Å². The molecule has 0 bridgehead atoms. The lowest BCUT2D eigenvalue weighted by Gasteiger charge is -2.19. The molecule has 1 amide bonds. The van der Waals surface area contributed by atoms with Gasteiger partial charge in [0.15, 0.2) is 5.69 Å². The fraction of sp³-hybridized carbons (Fsp3) is 0.176. The number of carbonyl (C=O) groups excluding carboxylic acids is 1. The van der Waals surface area contributed by atoms with Crippen molar-refractivity contribution in [3.8, 4) is 5.69 Å². The van der Waals surface area contributed by atoms with Gasteiger partial charge in [0, 0.05) is 29.6 Å². The second kappa shape index (κ2) is 6.80. The van der Waals surface area contributed by atoms with E-state index in [-0.39, 0.29) is 5.91 Å². The number of nitrogens with zero attached hydrogens (tertiary/aromatic N) is 5. The van der Waals surface area contributed by atoms with Crippen molar-refractivity contribution in [3.63, 3.8) is 0 Å². The van der Waals surface area contributed by atoms with Crippen LogP contribution < -0.4 is 4.90 Å². The lowest BCUT2D eigenvalue weighted by Crippen LogP contribution is -2.31. The van der Waals surface area contributed by atoms with Crippen molar-refractivity contribution in [2.45, 2.75) is 13.8 Å². The second-order valence-corrected chi connectivity index (χ2v) is 5.61. The van der Waals surface area contributed by atoms with Crippen LogP contribution in [0.15, 0.2) is 48.8 Å². The summed E-state index contributed by atoms with van der Waals surface area (Å²) in [5.74, 6) is -0.200. The summed E-state index contributed by atoms with van der Waals surface area (Å²) in [5.41, 5.74) is 2.51. The van der Waals surface area contributed by atoms with Crippen LogP contribution in [0, 0.1) is 6.92 Å². The topological polar surface area (TPSA) is 63.9 Å². The lowest BCUT2D eigenvalue weighted by atomic mass is 10.2. The number of anilines is 1. The minimum absolute atomic E-state index is 0.200. The van der Waals surface area contributed by atoms with Crippen molar-refractivity contribution in [3.05, 3.63) is 65.2 Å². The molecule has 24 heavy (non-hydrogen) atoms.